The quantitative estimate of drug-likeness (QED) is 0.834. The zero-order valence-corrected chi connectivity index (χ0v) is 10.5. The highest BCUT2D eigenvalue weighted by Crippen LogP contribution is 2.11. The molecule has 1 rings (SSSR count). The van der Waals surface area contributed by atoms with E-state index in [1.807, 2.05) is 6.92 Å². The van der Waals surface area contributed by atoms with Crippen molar-refractivity contribution in [2.24, 2.45) is 0 Å². The Morgan fingerprint density at radius 3 is 2.63 bits per heavy atom. The molecule has 0 bridgehead atoms. The van der Waals surface area contributed by atoms with Gasteiger partial charge in [-0.05, 0) is 24.6 Å². The largest absolute Gasteiger partial charge is 0.481 e. The predicted octanol–water partition coefficient (Wildman–Crippen LogP) is 2.34. The lowest BCUT2D eigenvalue weighted by Gasteiger charge is -2.16. The molecule has 0 heterocycles. The number of benzene rings is 1. The lowest BCUT2D eigenvalue weighted by Crippen LogP contribution is -2.36. The lowest BCUT2D eigenvalue weighted by molar-refractivity contribution is -0.137. The standard InChI is InChI=1S/C13H15F2NO3/c1-2-3-9(7-12(17)18)16-13(19)10-6-8(14)4-5-11(10)15/h4-6,9H,2-3,7H2,1H3,(H,16,19)(H,17,18). The van der Waals surface area contributed by atoms with E-state index < -0.39 is 35.1 Å². The lowest BCUT2D eigenvalue weighted by atomic mass is 10.1. The van der Waals surface area contributed by atoms with Crippen LogP contribution in [0.3, 0.4) is 0 Å². The topological polar surface area (TPSA) is 66.4 Å². The van der Waals surface area contributed by atoms with Gasteiger partial charge in [-0.25, -0.2) is 8.78 Å². The van der Waals surface area contributed by atoms with E-state index in [4.69, 9.17) is 5.11 Å². The first-order valence-corrected chi connectivity index (χ1v) is 5.91. The second-order valence-electron chi connectivity index (χ2n) is 4.18. The molecule has 0 aromatic heterocycles. The molecule has 0 aliphatic rings. The summed E-state index contributed by atoms with van der Waals surface area (Å²) >= 11 is 0. The molecule has 0 aliphatic heterocycles. The van der Waals surface area contributed by atoms with Gasteiger partial charge < -0.3 is 10.4 Å². The minimum atomic E-state index is -1.06. The Bertz CT molecular complexity index is 477. The third-order valence-corrected chi connectivity index (χ3v) is 2.57. The van der Waals surface area contributed by atoms with Gasteiger partial charge in [0.15, 0.2) is 0 Å². The van der Waals surface area contributed by atoms with E-state index in [1.165, 1.54) is 0 Å². The Hall–Kier alpha value is -1.98. The number of hydrogen-bond acceptors (Lipinski definition) is 2. The van der Waals surface area contributed by atoms with E-state index >= 15 is 0 Å². The van der Waals surface area contributed by atoms with Crippen molar-refractivity contribution in [3.05, 3.63) is 35.4 Å². The van der Waals surface area contributed by atoms with Gasteiger partial charge in [0.25, 0.3) is 5.91 Å². The van der Waals surface area contributed by atoms with Crippen LogP contribution in [0, 0.1) is 11.6 Å². The van der Waals surface area contributed by atoms with E-state index in [9.17, 15) is 18.4 Å². The average molecular weight is 271 g/mol. The highest BCUT2D eigenvalue weighted by atomic mass is 19.1. The fourth-order valence-electron chi connectivity index (χ4n) is 1.72. The van der Waals surface area contributed by atoms with Crippen LogP contribution in [0.2, 0.25) is 0 Å². The van der Waals surface area contributed by atoms with Crippen molar-refractivity contribution in [1.29, 1.82) is 0 Å². The first-order chi connectivity index (χ1) is 8.93. The molecule has 0 saturated carbocycles. The SMILES string of the molecule is CCCC(CC(=O)O)NC(=O)c1cc(F)ccc1F. The summed E-state index contributed by atoms with van der Waals surface area (Å²) in [7, 11) is 0. The molecule has 1 atom stereocenters. The molecule has 0 spiro atoms. The summed E-state index contributed by atoms with van der Waals surface area (Å²) in [5, 5.41) is 11.1. The fourth-order valence-corrected chi connectivity index (χ4v) is 1.72. The van der Waals surface area contributed by atoms with Gasteiger partial charge in [-0.2, -0.15) is 0 Å². The summed E-state index contributed by atoms with van der Waals surface area (Å²) in [5.41, 5.74) is -0.425. The minimum absolute atomic E-state index is 0.253. The molecule has 0 saturated heterocycles. The fraction of sp³-hybridized carbons (Fsp3) is 0.385. The molecule has 1 amide bonds. The highest BCUT2D eigenvalue weighted by Gasteiger charge is 2.19. The van der Waals surface area contributed by atoms with Crippen LogP contribution in [-0.4, -0.2) is 23.0 Å². The summed E-state index contributed by atoms with van der Waals surface area (Å²) in [5.74, 6) is -3.43. The van der Waals surface area contributed by atoms with Crippen LogP contribution < -0.4 is 5.32 Å². The van der Waals surface area contributed by atoms with Crippen molar-refractivity contribution < 1.29 is 23.5 Å². The van der Waals surface area contributed by atoms with Crippen LogP contribution in [0.25, 0.3) is 0 Å². The summed E-state index contributed by atoms with van der Waals surface area (Å²) in [6, 6.07) is 1.95. The molecule has 1 aromatic rings. The van der Waals surface area contributed by atoms with Crippen LogP contribution >= 0.6 is 0 Å². The Morgan fingerprint density at radius 1 is 1.37 bits per heavy atom. The summed E-state index contributed by atoms with van der Waals surface area (Å²) in [4.78, 5) is 22.4. The molecule has 1 unspecified atom stereocenters. The van der Waals surface area contributed by atoms with Crippen molar-refractivity contribution >= 4 is 11.9 Å². The van der Waals surface area contributed by atoms with Crippen molar-refractivity contribution in [3.8, 4) is 0 Å². The van der Waals surface area contributed by atoms with Crippen LogP contribution in [0.4, 0.5) is 8.78 Å². The molecule has 19 heavy (non-hydrogen) atoms. The number of carboxylic acids is 1. The maximum Gasteiger partial charge on any atom is 0.305 e. The van der Waals surface area contributed by atoms with Gasteiger partial charge in [0, 0.05) is 6.04 Å². The number of aliphatic carboxylic acids is 1. The summed E-state index contributed by atoms with van der Waals surface area (Å²) < 4.78 is 26.3. The van der Waals surface area contributed by atoms with Gasteiger partial charge in [-0.3, -0.25) is 9.59 Å². The second-order valence-corrected chi connectivity index (χ2v) is 4.18. The van der Waals surface area contributed by atoms with E-state index in [2.05, 4.69) is 5.32 Å². The molecule has 4 nitrogen and oxygen atoms in total. The number of hydrogen-bond donors (Lipinski definition) is 2. The molecule has 1 aromatic carbocycles. The number of carbonyl (C=O) groups excluding carboxylic acids is 1. The number of amides is 1. The van der Waals surface area contributed by atoms with Gasteiger partial charge in [0.05, 0.1) is 12.0 Å². The summed E-state index contributed by atoms with van der Waals surface area (Å²) in [6.45, 7) is 1.84. The second kappa shape index (κ2) is 6.82. The van der Waals surface area contributed by atoms with Crippen molar-refractivity contribution in [2.45, 2.75) is 32.2 Å². The molecular weight excluding hydrogens is 256 g/mol. The van der Waals surface area contributed by atoms with Gasteiger partial charge in [0.2, 0.25) is 0 Å². The van der Waals surface area contributed by atoms with Gasteiger partial charge in [-0.1, -0.05) is 13.3 Å². The molecule has 0 radical (unpaired) electrons. The van der Waals surface area contributed by atoms with Gasteiger partial charge in [-0.15, -0.1) is 0 Å². The van der Waals surface area contributed by atoms with Gasteiger partial charge in [0.1, 0.15) is 11.6 Å². The van der Waals surface area contributed by atoms with Crippen molar-refractivity contribution in [2.75, 3.05) is 0 Å². The Labute approximate surface area is 109 Å². The van der Waals surface area contributed by atoms with E-state index in [1.54, 1.807) is 0 Å². The molecule has 104 valence electrons. The maximum absolute atomic E-state index is 13.4. The zero-order valence-electron chi connectivity index (χ0n) is 10.5. The third kappa shape index (κ3) is 4.65. The van der Waals surface area contributed by atoms with Crippen LogP contribution in [0.1, 0.15) is 36.5 Å². The Kier molecular flexibility index (Phi) is 5.41. The van der Waals surface area contributed by atoms with Crippen molar-refractivity contribution in [1.82, 2.24) is 5.32 Å². The highest BCUT2D eigenvalue weighted by molar-refractivity contribution is 5.94. The predicted molar refractivity (Wildman–Crippen MR) is 64.8 cm³/mol. The minimum Gasteiger partial charge on any atom is -0.481 e. The number of halogens is 2. The van der Waals surface area contributed by atoms with E-state index in [0.717, 1.165) is 18.2 Å². The molecule has 6 heteroatoms. The Morgan fingerprint density at radius 2 is 2.05 bits per heavy atom. The third-order valence-electron chi connectivity index (χ3n) is 2.57. The van der Waals surface area contributed by atoms with E-state index in [-0.39, 0.29) is 6.42 Å². The average Bonchev–Trinajstić information content (AvgIpc) is 2.31. The van der Waals surface area contributed by atoms with Crippen molar-refractivity contribution in [3.63, 3.8) is 0 Å². The Balaban J connectivity index is 2.81. The van der Waals surface area contributed by atoms with Gasteiger partial charge >= 0.3 is 5.97 Å². The number of carbonyl (C=O) groups is 2. The van der Waals surface area contributed by atoms with E-state index in [0.29, 0.717) is 12.8 Å². The molecule has 0 aliphatic carbocycles. The first-order valence-electron chi connectivity index (χ1n) is 5.91. The molecule has 0 fully saturated rings. The first kappa shape index (κ1) is 15.1. The summed E-state index contributed by atoms with van der Waals surface area (Å²) in [6.07, 6.45) is 0.870. The number of carboxylic acid groups (broad SMARTS) is 1. The number of rotatable bonds is 6. The molecule has 2 N–H and O–H groups in total. The smallest absolute Gasteiger partial charge is 0.305 e. The normalized spacial score (nSPS) is 11.9. The monoisotopic (exact) mass is 271 g/mol. The van der Waals surface area contributed by atoms with Crippen LogP contribution in [-0.2, 0) is 4.79 Å². The maximum atomic E-state index is 13.4. The van der Waals surface area contributed by atoms with Crippen LogP contribution in [0.15, 0.2) is 18.2 Å². The van der Waals surface area contributed by atoms with Crippen LogP contribution in [0.5, 0.6) is 0 Å². The zero-order chi connectivity index (χ0) is 14.4. The number of nitrogens with one attached hydrogen (secondary N) is 1. The molecular formula is C13H15F2NO3.